The summed E-state index contributed by atoms with van der Waals surface area (Å²) in [7, 11) is 0. The minimum absolute atomic E-state index is 1.17. The average molecular weight is 585 g/mol. The maximum absolute atomic E-state index is 2.40. The molecule has 0 aliphatic rings. The lowest BCUT2D eigenvalue weighted by Crippen LogP contribution is -2.30. The van der Waals surface area contributed by atoms with E-state index in [1.54, 1.807) is 0 Å². The van der Waals surface area contributed by atoms with Crippen molar-refractivity contribution in [3.05, 3.63) is 37.4 Å². The first-order valence-electron chi connectivity index (χ1n) is 18.9. The van der Waals surface area contributed by atoms with Crippen LogP contribution in [0.3, 0.4) is 0 Å². The predicted octanol–water partition coefficient (Wildman–Crippen LogP) is 10.7. The topological polar surface area (TPSA) is 17.6 Å². The molecule has 4 heteroatoms. The third-order valence-corrected chi connectivity index (χ3v) is 9.11. The molecule has 2 heterocycles. The molecule has 2 rings (SSSR count). The molecule has 42 heavy (non-hydrogen) atoms. The summed E-state index contributed by atoms with van der Waals surface area (Å²) in [5.41, 5.74) is 0. The highest BCUT2D eigenvalue weighted by Gasteiger charge is 2.05. The third-order valence-electron chi connectivity index (χ3n) is 9.11. The molecule has 242 valence electrons. The van der Waals surface area contributed by atoms with Gasteiger partial charge < -0.3 is 0 Å². The Labute approximate surface area is 262 Å². The Bertz CT molecular complexity index is 754. The van der Waals surface area contributed by atoms with Gasteiger partial charge in [-0.3, -0.25) is 0 Å². The van der Waals surface area contributed by atoms with Crippen LogP contribution >= 0.6 is 0 Å². The van der Waals surface area contributed by atoms with Crippen molar-refractivity contribution in [3.8, 4) is 0 Å². The number of rotatable bonds is 31. The van der Waals surface area contributed by atoms with Crippen molar-refractivity contribution in [1.29, 1.82) is 0 Å². The third kappa shape index (κ3) is 20.3. The molecular weight excluding hydrogens is 512 g/mol. The fourth-order valence-corrected chi connectivity index (χ4v) is 6.27. The molecule has 0 bridgehead atoms. The molecule has 0 fully saturated rings. The number of nitrogens with zero attached hydrogens (tertiary/aromatic N) is 4. The smallest absolute Gasteiger partial charge is 0.237 e. The Morgan fingerprint density at radius 1 is 0.357 bits per heavy atom. The Morgan fingerprint density at radius 3 is 0.976 bits per heavy atom. The number of imidazole rings is 2. The van der Waals surface area contributed by atoms with Crippen LogP contribution in [0.5, 0.6) is 0 Å². The Morgan fingerprint density at radius 2 is 0.643 bits per heavy atom. The molecule has 0 aliphatic heterocycles. The van der Waals surface area contributed by atoms with E-state index in [1.165, 1.54) is 193 Å². The first kappa shape index (κ1) is 36.6. The molecule has 2 aromatic rings. The molecule has 2 aromatic heterocycles. The Kier molecular flexibility index (Phi) is 23.5. The van der Waals surface area contributed by atoms with Crippen molar-refractivity contribution >= 4 is 0 Å². The highest BCUT2D eigenvalue weighted by molar-refractivity contribution is 4.67. The van der Waals surface area contributed by atoms with Gasteiger partial charge in [-0.1, -0.05) is 129 Å². The minimum atomic E-state index is 1.17. The van der Waals surface area contributed by atoms with Gasteiger partial charge in [-0.15, -0.1) is 0 Å². The summed E-state index contributed by atoms with van der Waals surface area (Å²) >= 11 is 0. The van der Waals surface area contributed by atoms with Gasteiger partial charge in [0.1, 0.15) is 24.8 Å². The molecule has 0 aliphatic carbocycles. The lowest BCUT2D eigenvalue weighted by Gasteiger charge is -2.02. The van der Waals surface area contributed by atoms with E-state index >= 15 is 0 Å². The zero-order valence-electron chi connectivity index (χ0n) is 28.5. The van der Waals surface area contributed by atoms with Gasteiger partial charge in [-0.2, -0.15) is 0 Å². The summed E-state index contributed by atoms with van der Waals surface area (Å²) in [5, 5.41) is 0. The van der Waals surface area contributed by atoms with Gasteiger partial charge in [0.2, 0.25) is 12.7 Å². The standard InChI is InChI=1S/C38H72N4/c1-3-5-7-9-11-13-15-17-21-25-29-39-33-35-41(37-39)31-27-23-19-20-24-28-32-42-36-34-40(38-42)30-26-22-18-16-14-12-10-8-6-4-2/h33-38H,3-32H2,1-2H3/q+2. The molecule has 0 saturated heterocycles. The summed E-state index contributed by atoms with van der Waals surface area (Å²) < 4.78 is 9.58. The molecule has 4 nitrogen and oxygen atoms in total. The fraction of sp³-hybridized carbons (Fsp3) is 0.842. The monoisotopic (exact) mass is 585 g/mol. The number of unbranched alkanes of at least 4 members (excludes halogenated alkanes) is 23. The maximum atomic E-state index is 2.40. The zero-order chi connectivity index (χ0) is 29.8. The lowest BCUT2D eigenvalue weighted by molar-refractivity contribution is -0.697. The molecule has 0 amide bonds. The quantitative estimate of drug-likeness (QED) is 0.0619. The van der Waals surface area contributed by atoms with E-state index in [9.17, 15) is 0 Å². The molecule has 0 radical (unpaired) electrons. The largest absolute Gasteiger partial charge is 0.243 e. The second-order valence-corrected chi connectivity index (χ2v) is 13.3. The highest BCUT2D eigenvalue weighted by Crippen LogP contribution is 2.12. The van der Waals surface area contributed by atoms with E-state index in [0.717, 1.165) is 0 Å². The number of aryl methyl sites for hydroxylation is 4. The van der Waals surface area contributed by atoms with Crippen LogP contribution in [0.25, 0.3) is 0 Å². The normalized spacial score (nSPS) is 11.6. The molecular formula is C38H72N4+2. The van der Waals surface area contributed by atoms with Gasteiger partial charge in [-0.25, -0.2) is 18.3 Å². The van der Waals surface area contributed by atoms with Gasteiger partial charge in [-0.05, 0) is 51.4 Å². The minimum Gasteiger partial charge on any atom is -0.237 e. The van der Waals surface area contributed by atoms with Gasteiger partial charge in [0.15, 0.2) is 0 Å². The van der Waals surface area contributed by atoms with Crippen LogP contribution in [-0.4, -0.2) is 9.13 Å². The van der Waals surface area contributed by atoms with E-state index in [2.05, 4.69) is 69.6 Å². The van der Waals surface area contributed by atoms with Crippen molar-refractivity contribution in [1.82, 2.24) is 9.13 Å². The SMILES string of the molecule is CCCCCCCCCCCC[n+]1ccn(CCCCCCCCn2cc[n+](CCCCCCCCCCCC)c2)c1. The Hall–Kier alpha value is -1.58. The van der Waals surface area contributed by atoms with Gasteiger partial charge in [0.05, 0.1) is 26.2 Å². The van der Waals surface area contributed by atoms with Crippen LogP contribution in [0.1, 0.15) is 181 Å². The Balaban J connectivity index is 1.35. The first-order chi connectivity index (χ1) is 20.8. The second kappa shape index (κ2) is 27.0. The first-order valence-corrected chi connectivity index (χ1v) is 18.9. The summed E-state index contributed by atoms with van der Waals surface area (Å²) in [5.74, 6) is 0. The summed E-state index contributed by atoms with van der Waals surface area (Å²) in [4.78, 5) is 0. The lowest BCUT2D eigenvalue weighted by atomic mass is 10.1. The summed E-state index contributed by atoms with van der Waals surface area (Å²) in [6.07, 6.45) is 50.1. The molecule has 0 spiro atoms. The number of hydrogen-bond acceptors (Lipinski definition) is 0. The molecule has 0 unspecified atom stereocenters. The number of aromatic nitrogens is 4. The van der Waals surface area contributed by atoms with Gasteiger partial charge in [0.25, 0.3) is 0 Å². The van der Waals surface area contributed by atoms with Crippen LogP contribution < -0.4 is 9.13 Å². The van der Waals surface area contributed by atoms with Gasteiger partial charge >= 0.3 is 0 Å². The molecule has 0 saturated carbocycles. The van der Waals surface area contributed by atoms with Crippen LogP contribution in [0, 0.1) is 0 Å². The average Bonchev–Trinajstić information content (AvgIpc) is 3.66. The van der Waals surface area contributed by atoms with E-state index in [0.29, 0.717) is 0 Å². The van der Waals surface area contributed by atoms with Crippen molar-refractivity contribution in [2.24, 2.45) is 0 Å². The van der Waals surface area contributed by atoms with Crippen molar-refractivity contribution in [2.45, 2.75) is 207 Å². The van der Waals surface area contributed by atoms with E-state index < -0.39 is 0 Å². The van der Waals surface area contributed by atoms with Crippen LogP contribution in [0.4, 0.5) is 0 Å². The molecule has 0 aromatic carbocycles. The second-order valence-electron chi connectivity index (χ2n) is 13.3. The van der Waals surface area contributed by atoms with Crippen LogP contribution in [0.2, 0.25) is 0 Å². The molecule has 0 atom stereocenters. The van der Waals surface area contributed by atoms with E-state index in [-0.39, 0.29) is 0 Å². The highest BCUT2D eigenvalue weighted by atomic mass is 15.1. The predicted molar refractivity (Wildman–Crippen MR) is 181 cm³/mol. The molecule has 0 N–H and O–H groups in total. The van der Waals surface area contributed by atoms with Crippen molar-refractivity contribution in [3.63, 3.8) is 0 Å². The van der Waals surface area contributed by atoms with Crippen molar-refractivity contribution in [2.75, 3.05) is 0 Å². The number of hydrogen-bond donors (Lipinski definition) is 0. The van der Waals surface area contributed by atoms with Crippen molar-refractivity contribution < 1.29 is 9.13 Å². The fourth-order valence-electron chi connectivity index (χ4n) is 6.27. The van der Waals surface area contributed by atoms with Crippen LogP contribution in [-0.2, 0) is 26.2 Å². The maximum Gasteiger partial charge on any atom is 0.243 e. The zero-order valence-corrected chi connectivity index (χ0v) is 28.5. The van der Waals surface area contributed by atoms with Crippen LogP contribution in [0.15, 0.2) is 37.4 Å². The van der Waals surface area contributed by atoms with E-state index in [1.807, 2.05) is 0 Å². The summed E-state index contributed by atoms with van der Waals surface area (Å²) in [6.45, 7) is 9.32. The van der Waals surface area contributed by atoms with E-state index in [4.69, 9.17) is 0 Å². The summed E-state index contributed by atoms with van der Waals surface area (Å²) in [6, 6.07) is 0. The van der Waals surface area contributed by atoms with Gasteiger partial charge in [0, 0.05) is 0 Å².